The lowest BCUT2D eigenvalue weighted by Gasteiger charge is -2.04. The molecule has 0 amide bonds. The van der Waals surface area contributed by atoms with E-state index in [-0.39, 0.29) is 5.70 Å². The van der Waals surface area contributed by atoms with Crippen LogP contribution in [0.5, 0.6) is 0 Å². The van der Waals surface area contributed by atoms with E-state index >= 15 is 0 Å². The van der Waals surface area contributed by atoms with Gasteiger partial charge in [0.25, 0.3) is 0 Å². The summed E-state index contributed by atoms with van der Waals surface area (Å²) in [4.78, 5) is 10.1. The Balaban J connectivity index is 3.79. The highest BCUT2D eigenvalue weighted by molar-refractivity contribution is 5.72. The fourth-order valence-electron chi connectivity index (χ4n) is 0.503. The van der Waals surface area contributed by atoms with Gasteiger partial charge in [-0.3, -0.25) is 4.79 Å². The predicted molar refractivity (Wildman–Crippen MR) is 41.2 cm³/mol. The van der Waals surface area contributed by atoms with Crippen LogP contribution in [0.1, 0.15) is 20.3 Å². The molecule has 0 rings (SSSR count). The average Bonchev–Trinajstić information content (AvgIpc) is 1.98. The molecule has 0 aromatic carbocycles. The van der Waals surface area contributed by atoms with Gasteiger partial charge in [0.2, 0.25) is 0 Å². The summed E-state index contributed by atoms with van der Waals surface area (Å²) in [5.41, 5.74) is 6.35. The van der Waals surface area contributed by atoms with Crippen LogP contribution in [0.25, 0.3) is 0 Å². The van der Waals surface area contributed by atoms with Crippen molar-refractivity contribution in [1.82, 2.24) is 5.32 Å². The smallest absolute Gasteiger partial charge is 0.167 e. The third-order valence-corrected chi connectivity index (χ3v) is 1.20. The van der Waals surface area contributed by atoms with Crippen molar-refractivity contribution < 1.29 is 4.79 Å². The van der Waals surface area contributed by atoms with E-state index in [1.165, 1.54) is 0 Å². The number of hydrogen-bond acceptors (Lipinski definition) is 3. The normalized spacial score (nSPS) is 12.2. The maximum absolute atomic E-state index is 10.1. The summed E-state index contributed by atoms with van der Waals surface area (Å²) in [6.07, 6.45) is 1.68. The van der Waals surface area contributed by atoms with Crippen LogP contribution in [0.2, 0.25) is 0 Å². The number of carbonyl (C=O) groups excluding carboxylic acids is 1. The Morgan fingerprint density at radius 2 is 2.30 bits per heavy atom. The van der Waals surface area contributed by atoms with E-state index in [4.69, 9.17) is 5.73 Å². The molecule has 3 nitrogen and oxygen atoms in total. The molecule has 0 atom stereocenters. The SMILES string of the molecule is CCCN/C(C)=C(/N)C=O. The van der Waals surface area contributed by atoms with Crippen molar-refractivity contribution >= 4 is 6.29 Å². The first-order valence-corrected chi connectivity index (χ1v) is 3.37. The zero-order chi connectivity index (χ0) is 7.98. The third kappa shape index (κ3) is 3.12. The van der Waals surface area contributed by atoms with E-state index in [2.05, 4.69) is 12.2 Å². The second-order valence-corrected chi connectivity index (χ2v) is 2.12. The lowest BCUT2D eigenvalue weighted by molar-refractivity contribution is -0.105. The lowest BCUT2D eigenvalue weighted by atomic mass is 10.3. The second-order valence-electron chi connectivity index (χ2n) is 2.12. The fraction of sp³-hybridized carbons (Fsp3) is 0.571. The summed E-state index contributed by atoms with van der Waals surface area (Å²) >= 11 is 0. The van der Waals surface area contributed by atoms with Gasteiger partial charge >= 0.3 is 0 Å². The van der Waals surface area contributed by atoms with Gasteiger partial charge in [-0.2, -0.15) is 0 Å². The monoisotopic (exact) mass is 142 g/mol. The minimum absolute atomic E-state index is 0.286. The van der Waals surface area contributed by atoms with Crippen LogP contribution in [-0.4, -0.2) is 12.8 Å². The molecule has 10 heavy (non-hydrogen) atoms. The van der Waals surface area contributed by atoms with Crippen molar-refractivity contribution in [2.45, 2.75) is 20.3 Å². The number of nitrogens with one attached hydrogen (secondary N) is 1. The van der Waals surface area contributed by atoms with E-state index in [9.17, 15) is 4.79 Å². The minimum atomic E-state index is 0.286. The Kier molecular flexibility index (Phi) is 4.37. The number of nitrogens with two attached hydrogens (primary N) is 1. The van der Waals surface area contributed by atoms with E-state index in [0.29, 0.717) is 6.29 Å². The molecule has 3 heteroatoms. The summed E-state index contributed by atoms with van der Waals surface area (Å²) < 4.78 is 0. The zero-order valence-corrected chi connectivity index (χ0v) is 6.48. The molecular weight excluding hydrogens is 128 g/mol. The Morgan fingerprint density at radius 3 is 2.70 bits per heavy atom. The maximum Gasteiger partial charge on any atom is 0.167 e. The highest BCUT2D eigenvalue weighted by Gasteiger charge is 1.92. The number of rotatable bonds is 4. The summed E-state index contributed by atoms with van der Waals surface area (Å²) in [5, 5.41) is 3.01. The van der Waals surface area contributed by atoms with Crippen LogP contribution in [-0.2, 0) is 4.79 Å². The van der Waals surface area contributed by atoms with Crippen molar-refractivity contribution in [3.63, 3.8) is 0 Å². The number of hydrogen-bond donors (Lipinski definition) is 2. The maximum atomic E-state index is 10.1. The van der Waals surface area contributed by atoms with Gasteiger partial charge in [0.15, 0.2) is 6.29 Å². The first kappa shape index (κ1) is 9.01. The van der Waals surface area contributed by atoms with Crippen LogP contribution in [0.3, 0.4) is 0 Å². The van der Waals surface area contributed by atoms with Crippen LogP contribution in [0.15, 0.2) is 11.4 Å². The Labute approximate surface area is 61.3 Å². The molecule has 0 aromatic heterocycles. The molecular formula is C7H14N2O. The third-order valence-electron chi connectivity index (χ3n) is 1.20. The molecule has 0 aliphatic carbocycles. The number of aldehydes is 1. The van der Waals surface area contributed by atoms with Gasteiger partial charge in [0.1, 0.15) is 0 Å². The van der Waals surface area contributed by atoms with Crippen molar-refractivity contribution in [2.24, 2.45) is 5.73 Å². The fourth-order valence-corrected chi connectivity index (χ4v) is 0.503. The summed E-state index contributed by atoms with van der Waals surface area (Å²) in [5.74, 6) is 0. The van der Waals surface area contributed by atoms with E-state index in [1.807, 2.05) is 0 Å². The highest BCUT2D eigenvalue weighted by atomic mass is 16.1. The van der Waals surface area contributed by atoms with Crippen LogP contribution in [0, 0.1) is 0 Å². The Hall–Kier alpha value is -0.990. The minimum Gasteiger partial charge on any atom is -0.395 e. The molecule has 0 unspecified atom stereocenters. The van der Waals surface area contributed by atoms with Gasteiger partial charge in [0.05, 0.1) is 5.70 Å². The van der Waals surface area contributed by atoms with Crippen molar-refractivity contribution in [1.29, 1.82) is 0 Å². The summed E-state index contributed by atoms with van der Waals surface area (Å²) in [7, 11) is 0. The molecule has 0 radical (unpaired) electrons. The first-order valence-electron chi connectivity index (χ1n) is 3.37. The summed E-state index contributed by atoms with van der Waals surface area (Å²) in [6.45, 7) is 4.71. The quantitative estimate of drug-likeness (QED) is 0.440. The topological polar surface area (TPSA) is 55.1 Å². The standard InChI is InChI=1S/C7H14N2O/c1-3-4-9-6(2)7(8)5-10/h5,9H,3-4,8H2,1-2H3/b7-6+. The van der Waals surface area contributed by atoms with Gasteiger partial charge in [-0.15, -0.1) is 0 Å². The van der Waals surface area contributed by atoms with Crippen LogP contribution in [0.4, 0.5) is 0 Å². The molecule has 0 heterocycles. The molecule has 0 spiro atoms. The Bertz CT molecular complexity index is 141. The van der Waals surface area contributed by atoms with Gasteiger partial charge in [-0.25, -0.2) is 0 Å². The second kappa shape index (κ2) is 4.85. The molecule has 0 saturated heterocycles. The molecule has 58 valence electrons. The number of carbonyl (C=O) groups is 1. The molecule has 0 aliphatic heterocycles. The lowest BCUT2D eigenvalue weighted by Crippen LogP contribution is -2.17. The highest BCUT2D eigenvalue weighted by Crippen LogP contribution is 1.88. The van der Waals surface area contributed by atoms with Gasteiger partial charge < -0.3 is 11.1 Å². The van der Waals surface area contributed by atoms with E-state index in [0.717, 1.165) is 18.7 Å². The van der Waals surface area contributed by atoms with E-state index < -0.39 is 0 Å². The zero-order valence-electron chi connectivity index (χ0n) is 6.48. The molecule has 0 saturated carbocycles. The molecule has 0 bridgehead atoms. The van der Waals surface area contributed by atoms with Gasteiger partial charge in [0, 0.05) is 12.2 Å². The predicted octanol–water partition coefficient (Wildman–Crippen LogP) is 0.375. The Morgan fingerprint density at radius 1 is 1.70 bits per heavy atom. The van der Waals surface area contributed by atoms with Gasteiger partial charge in [-0.05, 0) is 13.3 Å². The van der Waals surface area contributed by atoms with Crippen molar-refractivity contribution in [3.8, 4) is 0 Å². The summed E-state index contributed by atoms with van der Waals surface area (Å²) in [6, 6.07) is 0. The number of allylic oxidation sites excluding steroid dienone is 2. The average molecular weight is 142 g/mol. The van der Waals surface area contributed by atoms with Crippen molar-refractivity contribution in [2.75, 3.05) is 6.54 Å². The van der Waals surface area contributed by atoms with Crippen LogP contribution < -0.4 is 11.1 Å². The van der Waals surface area contributed by atoms with Crippen molar-refractivity contribution in [3.05, 3.63) is 11.4 Å². The van der Waals surface area contributed by atoms with Gasteiger partial charge in [-0.1, -0.05) is 6.92 Å². The largest absolute Gasteiger partial charge is 0.395 e. The van der Waals surface area contributed by atoms with E-state index in [1.54, 1.807) is 6.92 Å². The molecule has 0 aliphatic rings. The molecule has 0 fully saturated rings. The van der Waals surface area contributed by atoms with Crippen LogP contribution >= 0.6 is 0 Å². The molecule has 3 N–H and O–H groups in total. The molecule has 0 aromatic rings. The first-order chi connectivity index (χ1) is 4.72.